The standard InChI is InChI=1S/C21H26ClNO/c1-21(17-7-4-3-5-8-17,18-10-12-19(22)13-11-18)24-16-14-20-9-6-15-23(20)2/h3-5,7-8,10-13,20H,6,9,14-16H2,1-2H3/t20-,21+/m0/s1/i1D3,2D3,3D,4D,5D,6D2,7D,8D,9D2,10D,11D,12D,13D,15D2,20D. The van der Waals surface area contributed by atoms with E-state index in [-0.39, 0.29) is 4.90 Å². The van der Waals surface area contributed by atoms with Crippen molar-refractivity contribution in [1.29, 1.82) is 0 Å². The fraction of sp³-hybridized carbons (Fsp3) is 0.429. The average molecular weight is 366 g/mol. The van der Waals surface area contributed by atoms with Crippen LogP contribution in [0.1, 0.15) is 67.3 Å². The first-order chi connectivity index (χ1) is 20.4. The fourth-order valence-corrected chi connectivity index (χ4v) is 2.02. The van der Waals surface area contributed by atoms with Crippen molar-refractivity contribution in [2.45, 2.75) is 37.6 Å². The van der Waals surface area contributed by atoms with Gasteiger partial charge >= 0.3 is 0 Å². The lowest BCUT2D eigenvalue weighted by Gasteiger charge is -2.32. The van der Waals surface area contributed by atoms with E-state index in [2.05, 4.69) is 0 Å². The average Bonchev–Trinajstić information content (AvgIpc) is 2.98. The van der Waals surface area contributed by atoms with Crippen LogP contribution >= 0.6 is 11.6 Å². The summed E-state index contributed by atoms with van der Waals surface area (Å²) in [5, 5.41) is -0.777. The Morgan fingerprint density at radius 3 is 2.75 bits per heavy atom. The van der Waals surface area contributed by atoms with Crippen molar-refractivity contribution >= 4 is 11.6 Å². The van der Waals surface area contributed by atoms with E-state index in [1.54, 1.807) is 0 Å². The lowest BCUT2D eigenvalue weighted by molar-refractivity contribution is -0.0117. The van der Waals surface area contributed by atoms with Gasteiger partial charge in [-0.15, -0.1) is 0 Å². The first-order valence-corrected chi connectivity index (χ1v) is 7.08. The maximum atomic E-state index is 8.82. The summed E-state index contributed by atoms with van der Waals surface area (Å²) in [7, 11) is 0. The van der Waals surface area contributed by atoms with Gasteiger partial charge in [0.15, 0.2) is 0 Å². The van der Waals surface area contributed by atoms with E-state index in [1.807, 2.05) is 0 Å². The van der Waals surface area contributed by atoms with Crippen molar-refractivity contribution in [2.24, 2.45) is 0 Å². The van der Waals surface area contributed by atoms with E-state index in [0.29, 0.717) is 0 Å². The predicted octanol–water partition coefficient (Wildman–Crippen LogP) is 5.10. The number of nitrogens with zero attached hydrogens (tertiary/aromatic N) is 1. The highest BCUT2D eigenvalue weighted by atomic mass is 35.5. The molecule has 0 N–H and O–H groups in total. The molecule has 24 heavy (non-hydrogen) atoms. The van der Waals surface area contributed by atoms with Crippen molar-refractivity contribution < 1.29 is 34.9 Å². The molecule has 0 unspecified atom stereocenters. The summed E-state index contributed by atoms with van der Waals surface area (Å²) >= 11 is 5.91. The van der Waals surface area contributed by atoms with Gasteiger partial charge in [-0.2, -0.15) is 0 Å². The van der Waals surface area contributed by atoms with E-state index in [0.717, 1.165) is 0 Å². The largest absolute Gasteiger partial charge is 0.366 e. The van der Waals surface area contributed by atoms with Gasteiger partial charge in [0.05, 0.1) is 12.3 Å². The lowest BCUT2D eigenvalue weighted by Crippen LogP contribution is -2.31. The molecule has 3 rings (SSSR count). The van der Waals surface area contributed by atoms with Gasteiger partial charge in [-0.05, 0) is 62.7 Å². The third-order valence-corrected chi connectivity index (χ3v) is 3.29. The highest BCUT2D eigenvalue weighted by Crippen LogP contribution is 2.34. The van der Waals surface area contributed by atoms with Gasteiger partial charge in [0.2, 0.25) is 0 Å². The van der Waals surface area contributed by atoms with Gasteiger partial charge in [0.25, 0.3) is 0 Å². The topological polar surface area (TPSA) is 12.5 Å². The molecule has 1 fully saturated rings. The Hall–Kier alpha value is -1.35. The summed E-state index contributed by atoms with van der Waals surface area (Å²) in [5.41, 5.74) is -5.96. The summed E-state index contributed by atoms with van der Waals surface area (Å²) in [5.74, 6) is 0. The second-order valence-corrected chi connectivity index (χ2v) is 4.99. The molecule has 0 radical (unpaired) electrons. The third kappa shape index (κ3) is 3.83. The second kappa shape index (κ2) is 7.69. The van der Waals surface area contributed by atoms with Crippen LogP contribution in [0.5, 0.6) is 0 Å². The number of halogens is 1. The maximum Gasteiger partial charge on any atom is 0.115 e. The minimum atomic E-state index is -3.81. The minimum Gasteiger partial charge on any atom is -0.366 e. The Labute approximate surface area is 181 Å². The van der Waals surface area contributed by atoms with E-state index < -0.39 is 128 Å². The molecule has 128 valence electrons. The van der Waals surface area contributed by atoms with Crippen LogP contribution in [0.2, 0.25) is 5.02 Å². The minimum absolute atomic E-state index is 0.351. The van der Waals surface area contributed by atoms with Crippen LogP contribution < -0.4 is 0 Å². The molecule has 0 spiro atoms. The normalized spacial score (nSPS) is 44.5. The van der Waals surface area contributed by atoms with E-state index >= 15 is 0 Å². The highest BCUT2D eigenvalue weighted by molar-refractivity contribution is 6.30. The van der Waals surface area contributed by atoms with Crippen molar-refractivity contribution in [2.75, 3.05) is 20.1 Å². The van der Waals surface area contributed by atoms with Crippen LogP contribution in [0.15, 0.2) is 54.4 Å². The van der Waals surface area contributed by atoms with Gasteiger partial charge < -0.3 is 9.64 Å². The lowest BCUT2D eigenvalue weighted by atomic mass is 9.88. The quantitative estimate of drug-likeness (QED) is 0.705. The van der Waals surface area contributed by atoms with Crippen molar-refractivity contribution in [3.63, 3.8) is 0 Å². The van der Waals surface area contributed by atoms with Gasteiger partial charge in [-0.1, -0.05) is 53.9 Å². The monoisotopic (exact) mass is 365 g/mol. The smallest absolute Gasteiger partial charge is 0.115 e. The molecule has 2 aromatic carbocycles. The van der Waals surface area contributed by atoms with E-state index in [4.69, 9.17) is 46.5 Å². The summed E-state index contributed by atoms with van der Waals surface area (Å²) in [6.07, 6.45) is -8.66. The number of hydrogen-bond donors (Lipinski definition) is 0. The van der Waals surface area contributed by atoms with Crippen LogP contribution in [0, 0.1) is 0 Å². The van der Waals surface area contributed by atoms with Gasteiger partial charge in [0, 0.05) is 35.5 Å². The zero-order valence-electron chi connectivity index (χ0n) is 34.1. The Kier molecular flexibility index (Phi) is 1.56. The zero-order valence-corrected chi connectivity index (χ0v) is 12.9. The van der Waals surface area contributed by atoms with Crippen LogP contribution in [0.25, 0.3) is 0 Å². The molecule has 2 aromatic rings. The van der Waals surface area contributed by atoms with Crippen LogP contribution in [0.4, 0.5) is 0 Å². The van der Waals surface area contributed by atoms with Crippen LogP contribution in [-0.4, -0.2) is 31.0 Å². The number of rotatable bonds is 6. The van der Waals surface area contributed by atoms with E-state index in [1.165, 1.54) is 0 Å². The SMILES string of the molecule is [2H]c1c([2H])c([2H])c([C@@](OCC[C@@]2([2H])N(C([2H])([2H])[2H])C([2H])([2H])C([2H])([2H])C2([2H])[2H])(c2c([2H])c([2H])c(Cl)c([2H])c2[2H])C([2H])([2H])[2H])c([2H])c1[2H]. The van der Waals surface area contributed by atoms with Gasteiger partial charge in [-0.25, -0.2) is 0 Å². The summed E-state index contributed by atoms with van der Waals surface area (Å²) in [4.78, 5) is -0.351. The molecule has 1 heterocycles. The number of likely N-dealkylation sites (tertiary alicyclic amines) is 1. The van der Waals surface area contributed by atoms with Crippen molar-refractivity contribution in [3.05, 3.63) is 70.5 Å². The summed E-state index contributed by atoms with van der Waals surface area (Å²) in [6.45, 7) is -12.5. The molecule has 1 aliphatic rings. The molecule has 0 aliphatic carbocycles. The van der Waals surface area contributed by atoms with E-state index in [9.17, 15) is 0 Å². The fourth-order valence-electron chi connectivity index (χ4n) is 1.92. The zero-order chi connectivity index (χ0) is 36.1. The maximum absolute atomic E-state index is 8.82. The molecular weight excluding hydrogens is 318 g/mol. The van der Waals surface area contributed by atoms with Crippen LogP contribution in [-0.2, 0) is 10.3 Å². The Morgan fingerprint density at radius 1 is 1.29 bits per heavy atom. The summed E-state index contributed by atoms with van der Waals surface area (Å²) in [6, 6.07) is -13.4. The highest BCUT2D eigenvalue weighted by Gasteiger charge is 2.30. The molecule has 0 amide bonds. The molecule has 0 saturated carbocycles. The molecule has 1 saturated heterocycles. The van der Waals surface area contributed by atoms with Crippen molar-refractivity contribution in [1.82, 2.24) is 4.90 Å². The van der Waals surface area contributed by atoms with Gasteiger partial charge in [-0.3, -0.25) is 0 Å². The number of benzene rings is 2. The van der Waals surface area contributed by atoms with Gasteiger partial charge in [0.1, 0.15) is 5.60 Å². The van der Waals surface area contributed by atoms with Crippen molar-refractivity contribution in [3.8, 4) is 0 Å². The Morgan fingerprint density at radius 2 is 2.04 bits per heavy atom. The molecule has 0 bridgehead atoms. The molecule has 2 atom stereocenters. The second-order valence-electron chi connectivity index (χ2n) is 4.61. The Bertz CT molecular complexity index is 1440. The molecule has 0 aromatic heterocycles. The summed E-state index contributed by atoms with van der Waals surface area (Å²) < 4.78 is 187. The first kappa shape index (κ1) is 4.88. The molecule has 3 heteroatoms. The molecular formula is C21H26ClNO. The number of ether oxygens (including phenoxy) is 1. The first-order valence-electron chi connectivity index (χ1n) is 17.7. The number of hydrogen-bond acceptors (Lipinski definition) is 2. The third-order valence-electron chi connectivity index (χ3n) is 3.10. The molecule has 1 aliphatic heterocycles. The predicted molar refractivity (Wildman–Crippen MR) is 101 cm³/mol. The Balaban J connectivity index is 2.46. The van der Waals surface area contributed by atoms with Crippen LogP contribution in [0.3, 0.4) is 0 Å². The molecule has 2 nitrogen and oxygen atoms in total.